The molecule has 0 saturated carbocycles. The molecule has 0 heterocycles. The summed E-state index contributed by atoms with van der Waals surface area (Å²) in [5.41, 5.74) is 0.0384. The summed E-state index contributed by atoms with van der Waals surface area (Å²) in [5, 5.41) is 0. The summed E-state index contributed by atoms with van der Waals surface area (Å²) in [4.78, 5) is 52.3. The van der Waals surface area contributed by atoms with Crippen molar-refractivity contribution in [1.29, 1.82) is 0 Å². The number of hydrogen-bond donors (Lipinski definition) is 0. The van der Waals surface area contributed by atoms with E-state index in [1.165, 1.54) is 0 Å². The molecule has 0 aliphatic carbocycles. The molecule has 0 spiro atoms. The Kier molecular flexibility index (Phi) is 16.1. The van der Waals surface area contributed by atoms with Crippen molar-refractivity contribution >= 4 is 25.5 Å². The average Bonchev–Trinajstić information content (AvgIpc) is 3.02. The number of likely N-dealkylation sites (N-methyl/N-ethyl adjacent to an activating group) is 1. The number of carbonyl (C=O) groups is 3. The van der Waals surface area contributed by atoms with E-state index in [4.69, 9.17) is 18.5 Å². The normalized spacial score (nSPS) is 16.2. The van der Waals surface area contributed by atoms with Crippen LogP contribution in [-0.2, 0) is 32.7 Å². The van der Waals surface area contributed by atoms with Crippen LogP contribution in [0.5, 0.6) is 0 Å². The SMILES string of the molecule is CCCCOC(=O)C(C)(CC(C)c1ccc(C(=O)c2ccccc2)cc1)CC(C)(CCC)C(=O)OCCOP(=O)([O-])OCC[N+](C)(C)C. The number of rotatable bonds is 22. The molecule has 0 aliphatic heterocycles. The molecule has 0 N–H and O–H groups in total. The van der Waals surface area contributed by atoms with Crippen LogP contribution in [0, 0.1) is 10.8 Å². The molecule has 0 aromatic heterocycles. The van der Waals surface area contributed by atoms with Gasteiger partial charge in [-0.25, -0.2) is 0 Å². The number of esters is 2. The van der Waals surface area contributed by atoms with Crippen molar-refractivity contribution in [3.8, 4) is 0 Å². The lowest BCUT2D eigenvalue weighted by Crippen LogP contribution is -2.41. The third kappa shape index (κ3) is 13.6. The van der Waals surface area contributed by atoms with Gasteiger partial charge in [0.25, 0.3) is 7.82 Å². The first kappa shape index (κ1) is 41.3. The van der Waals surface area contributed by atoms with Crippen molar-refractivity contribution < 1.29 is 46.8 Å². The quantitative estimate of drug-likeness (QED) is 0.0436. The van der Waals surface area contributed by atoms with Crippen molar-refractivity contribution in [3.05, 3.63) is 71.3 Å². The summed E-state index contributed by atoms with van der Waals surface area (Å²) in [5.74, 6) is -1.09. The van der Waals surface area contributed by atoms with E-state index in [2.05, 4.69) is 0 Å². The van der Waals surface area contributed by atoms with Crippen LogP contribution in [0.2, 0.25) is 0 Å². The number of nitrogens with zero attached hydrogens (tertiary/aromatic N) is 1. The minimum Gasteiger partial charge on any atom is -0.756 e. The second-order valence-electron chi connectivity index (χ2n) is 14.2. The van der Waals surface area contributed by atoms with Gasteiger partial charge in [-0.3, -0.25) is 18.9 Å². The smallest absolute Gasteiger partial charge is 0.311 e. The zero-order valence-electron chi connectivity index (χ0n) is 30.1. The molecule has 2 aromatic carbocycles. The molecule has 0 aliphatic rings. The molecule has 2 rings (SSSR count). The fourth-order valence-electron chi connectivity index (χ4n) is 5.82. The summed E-state index contributed by atoms with van der Waals surface area (Å²) in [6.07, 6.45) is 3.26. The molecule has 10 nitrogen and oxygen atoms in total. The zero-order chi connectivity index (χ0) is 36.0. The van der Waals surface area contributed by atoms with Crippen molar-refractivity contribution in [2.75, 3.05) is 54.1 Å². The third-order valence-electron chi connectivity index (χ3n) is 8.41. The van der Waals surface area contributed by atoms with Gasteiger partial charge in [0.1, 0.15) is 19.8 Å². The molecule has 48 heavy (non-hydrogen) atoms. The van der Waals surface area contributed by atoms with Crippen LogP contribution in [-0.4, -0.2) is 76.3 Å². The second kappa shape index (κ2) is 18.8. The maximum atomic E-state index is 13.7. The maximum Gasteiger partial charge on any atom is 0.311 e. The number of ketones is 1. The lowest BCUT2D eigenvalue weighted by Gasteiger charge is -2.38. The van der Waals surface area contributed by atoms with E-state index in [0.29, 0.717) is 41.4 Å². The summed E-state index contributed by atoms with van der Waals surface area (Å²) in [7, 11) is 1.19. The van der Waals surface area contributed by atoms with Gasteiger partial charge in [-0.2, -0.15) is 0 Å². The van der Waals surface area contributed by atoms with Gasteiger partial charge in [0.2, 0.25) is 0 Å². The van der Waals surface area contributed by atoms with Gasteiger partial charge < -0.3 is 27.9 Å². The molecule has 0 bridgehead atoms. The summed E-state index contributed by atoms with van der Waals surface area (Å²) in [6.45, 7) is 9.65. The van der Waals surface area contributed by atoms with E-state index >= 15 is 0 Å². The summed E-state index contributed by atoms with van der Waals surface area (Å²) >= 11 is 0. The maximum absolute atomic E-state index is 13.7. The predicted molar refractivity (Wildman–Crippen MR) is 184 cm³/mol. The largest absolute Gasteiger partial charge is 0.756 e. The molecule has 11 heteroatoms. The van der Waals surface area contributed by atoms with Crippen molar-refractivity contribution in [2.24, 2.45) is 10.8 Å². The zero-order valence-corrected chi connectivity index (χ0v) is 31.0. The van der Waals surface area contributed by atoms with Crippen LogP contribution < -0.4 is 4.89 Å². The standard InChI is InChI=1S/C37H56NO9P/c1-9-11-23-44-35(41)37(5,27-29(3)30-17-19-32(20-18-30)33(39)31-15-13-12-14-16-31)28-36(4,21-10-2)34(40)45-25-26-47-48(42,43)46-24-22-38(6,7)8/h12-20,29H,9-11,21-28H2,1-8H3. The summed E-state index contributed by atoms with van der Waals surface area (Å²) in [6, 6.07) is 16.5. The van der Waals surface area contributed by atoms with E-state index in [1.807, 2.05) is 79.2 Å². The minimum absolute atomic E-state index is 0.0278. The Morgan fingerprint density at radius 3 is 1.94 bits per heavy atom. The number of hydrogen-bond acceptors (Lipinski definition) is 9. The number of unbranched alkanes of at least 4 members (excludes halogenated alkanes) is 1. The van der Waals surface area contributed by atoms with Gasteiger partial charge >= 0.3 is 11.9 Å². The Morgan fingerprint density at radius 1 is 0.792 bits per heavy atom. The molecular formula is C37H56NO9P. The van der Waals surface area contributed by atoms with Gasteiger partial charge in [-0.1, -0.05) is 88.2 Å². The number of ether oxygens (including phenoxy) is 2. The van der Waals surface area contributed by atoms with Crippen molar-refractivity contribution in [3.63, 3.8) is 0 Å². The first-order valence-corrected chi connectivity index (χ1v) is 18.4. The van der Waals surface area contributed by atoms with E-state index in [9.17, 15) is 23.8 Å². The van der Waals surface area contributed by atoms with Crippen LogP contribution in [0.1, 0.15) is 101 Å². The number of quaternary nitrogens is 1. The summed E-state index contributed by atoms with van der Waals surface area (Å²) < 4.78 is 33.8. The molecule has 0 saturated heterocycles. The Bertz CT molecular complexity index is 1360. The van der Waals surface area contributed by atoms with Crippen LogP contribution in [0.25, 0.3) is 0 Å². The van der Waals surface area contributed by atoms with Crippen LogP contribution in [0.3, 0.4) is 0 Å². The molecule has 4 unspecified atom stereocenters. The number of carbonyl (C=O) groups excluding carboxylic acids is 3. The number of benzene rings is 2. The Balaban J connectivity index is 2.17. The second-order valence-corrected chi connectivity index (χ2v) is 15.6. The first-order chi connectivity index (χ1) is 22.5. The predicted octanol–water partition coefficient (Wildman–Crippen LogP) is 6.71. The number of phosphoric acid groups is 1. The van der Waals surface area contributed by atoms with Crippen molar-refractivity contribution in [2.45, 2.75) is 79.1 Å². The Labute approximate surface area is 287 Å². The first-order valence-electron chi connectivity index (χ1n) is 16.9. The van der Waals surface area contributed by atoms with E-state index in [-0.39, 0.29) is 50.5 Å². The average molecular weight is 690 g/mol. The highest BCUT2D eigenvalue weighted by atomic mass is 31.2. The molecule has 0 fully saturated rings. The van der Waals surface area contributed by atoms with Gasteiger partial charge in [-0.05, 0) is 51.0 Å². The van der Waals surface area contributed by atoms with Gasteiger partial charge in [0, 0.05) is 11.1 Å². The molecule has 268 valence electrons. The van der Waals surface area contributed by atoms with Gasteiger partial charge in [0.15, 0.2) is 5.78 Å². The molecule has 2 aromatic rings. The highest BCUT2D eigenvalue weighted by Gasteiger charge is 2.46. The Hall–Kier alpha value is -2.88. The molecule has 0 amide bonds. The van der Waals surface area contributed by atoms with Gasteiger partial charge in [0.05, 0.1) is 45.2 Å². The number of phosphoric ester groups is 1. The third-order valence-corrected chi connectivity index (χ3v) is 9.41. The van der Waals surface area contributed by atoms with Crippen LogP contribution in [0.15, 0.2) is 54.6 Å². The fraction of sp³-hybridized carbons (Fsp3) is 0.595. The van der Waals surface area contributed by atoms with E-state index in [0.717, 1.165) is 18.4 Å². The van der Waals surface area contributed by atoms with Crippen LogP contribution >= 0.6 is 7.82 Å². The highest BCUT2D eigenvalue weighted by Crippen LogP contribution is 2.45. The molecular weight excluding hydrogens is 633 g/mol. The van der Waals surface area contributed by atoms with Gasteiger partial charge in [-0.15, -0.1) is 0 Å². The highest BCUT2D eigenvalue weighted by molar-refractivity contribution is 7.45. The Morgan fingerprint density at radius 2 is 1.35 bits per heavy atom. The van der Waals surface area contributed by atoms with Crippen LogP contribution in [0.4, 0.5) is 0 Å². The van der Waals surface area contributed by atoms with E-state index < -0.39 is 24.6 Å². The van der Waals surface area contributed by atoms with Crippen molar-refractivity contribution in [1.82, 2.24) is 0 Å². The topological polar surface area (TPSA) is 128 Å². The monoisotopic (exact) mass is 689 g/mol. The van der Waals surface area contributed by atoms with E-state index in [1.54, 1.807) is 31.2 Å². The minimum atomic E-state index is -4.55. The fourth-order valence-corrected chi connectivity index (χ4v) is 6.50. The lowest BCUT2D eigenvalue weighted by molar-refractivity contribution is -0.870. The lowest BCUT2D eigenvalue weighted by atomic mass is 9.67. The molecule has 0 radical (unpaired) electrons. The molecule has 4 atom stereocenters.